The van der Waals surface area contributed by atoms with Crippen LogP contribution in [-0.2, 0) is 9.05 Å². The molecule has 1 rings (SSSR count). The maximum absolute atomic E-state index is 5.96. The largest absolute Gasteiger partial charge is 0.319 e. The van der Waals surface area contributed by atoms with E-state index in [2.05, 4.69) is 39.3 Å². The van der Waals surface area contributed by atoms with Crippen molar-refractivity contribution in [2.24, 2.45) is 0 Å². The van der Waals surface area contributed by atoms with Gasteiger partial charge in [-0.2, -0.15) is 0 Å². The van der Waals surface area contributed by atoms with E-state index in [-0.39, 0.29) is 5.60 Å². The lowest BCUT2D eigenvalue weighted by atomic mass is 10.0. The molecule has 0 amide bonds. The molecule has 1 aliphatic heterocycles. The summed E-state index contributed by atoms with van der Waals surface area (Å²) in [6.45, 7) is 12.7. The summed E-state index contributed by atoms with van der Waals surface area (Å²) in [4.78, 5) is 0. The average molecular weight is 219 g/mol. The molecule has 84 valence electrons. The van der Waals surface area contributed by atoms with Gasteiger partial charge in [-0.05, 0) is 20.8 Å². The van der Waals surface area contributed by atoms with Gasteiger partial charge in [0.25, 0.3) is 8.53 Å². The van der Waals surface area contributed by atoms with Crippen molar-refractivity contribution in [3.05, 3.63) is 0 Å². The first-order chi connectivity index (χ1) is 6.48. The highest BCUT2D eigenvalue weighted by molar-refractivity contribution is 7.44. The standard InChI is InChI=1S/C10H22NO2P/c1-6-11(7-2)14-12-9(3)8-10(4,5)13-14/h9H,6-8H2,1-5H3/t9-,14+/m1/s1. The number of hydrogen-bond donors (Lipinski definition) is 0. The Bertz CT molecular complexity index is 183. The Kier molecular flexibility index (Phi) is 4.32. The smallest absolute Gasteiger partial charge is 0.259 e. The normalized spacial score (nSPS) is 32.1. The van der Waals surface area contributed by atoms with Gasteiger partial charge < -0.3 is 9.05 Å². The van der Waals surface area contributed by atoms with Crippen molar-refractivity contribution in [1.82, 2.24) is 4.67 Å². The second-order valence-corrected chi connectivity index (χ2v) is 5.78. The van der Waals surface area contributed by atoms with Crippen LogP contribution in [0.1, 0.15) is 41.0 Å². The molecule has 0 aliphatic carbocycles. The lowest BCUT2D eigenvalue weighted by Crippen LogP contribution is -2.37. The maximum Gasteiger partial charge on any atom is 0.259 e. The second-order valence-electron chi connectivity index (χ2n) is 4.35. The molecule has 0 N–H and O–H groups in total. The second kappa shape index (κ2) is 4.89. The Balaban J connectivity index is 2.61. The van der Waals surface area contributed by atoms with Gasteiger partial charge in [0.05, 0.1) is 11.7 Å². The Morgan fingerprint density at radius 3 is 2.36 bits per heavy atom. The summed E-state index contributed by atoms with van der Waals surface area (Å²) in [6, 6.07) is 0. The number of nitrogens with zero attached hydrogens (tertiary/aromatic N) is 1. The van der Waals surface area contributed by atoms with Crippen molar-refractivity contribution in [1.29, 1.82) is 0 Å². The van der Waals surface area contributed by atoms with Crippen molar-refractivity contribution in [2.75, 3.05) is 13.1 Å². The molecule has 0 aromatic heterocycles. The van der Waals surface area contributed by atoms with E-state index in [1.165, 1.54) is 0 Å². The van der Waals surface area contributed by atoms with Gasteiger partial charge in [-0.25, -0.2) is 4.67 Å². The Hall–Kier alpha value is 0.310. The lowest BCUT2D eigenvalue weighted by molar-refractivity contribution is -0.00909. The van der Waals surface area contributed by atoms with Gasteiger partial charge in [0.1, 0.15) is 0 Å². The molecular weight excluding hydrogens is 197 g/mol. The van der Waals surface area contributed by atoms with Crippen LogP contribution in [-0.4, -0.2) is 29.5 Å². The van der Waals surface area contributed by atoms with Crippen molar-refractivity contribution in [3.8, 4) is 0 Å². The summed E-state index contributed by atoms with van der Waals surface area (Å²) >= 11 is 0. The van der Waals surface area contributed by atoms with E-state index in [0.29, 0.717) is 6.10 Å². The summed E-state index contributed by atoms with van der Waals surface area (Å²) in [5.41, 5.74) is -0.0358. The third-order valence-corrected chi connectivity index (χ3v) is 4.55. The van der Waals surface area contributed by atoms with E-state index >= 15 is 0 Å². The molecule has 2 atom stereocenters. The van der Waals surface area contributed by atoms with Crippen LogP contribution >= 0.6 is 8.53 Å². The molecular formula is C10H22NO2P. The van der Waals surface area contributed by atoms with Crippen molar-refractivity contribution in [3.63, 3.8) is 0 Å². The van der Waals surface area contributed by atoms with E-state index in [9.17, 15) is 0 Å². The van der Waals surface area contributed by atoms with Crippen LogP contribution in [0.3, 0.4) is 0 Å². The monoisotopic (exact) mass is 219 g/mol. The molecule has 0 bridgehead atoms. The van der Waals surface area contributed by atoms with Crippen molar-refractivity contribution in [2.45, 2.75) is 52.7 Å². The van der Waals surface area contributed by atoms with Crippen molar-refractivity contribution >= 4 is 8.53 Å². The fourth-order valence-corrected chi connectivity index (χ4v) is 3.37. The molecule has 1 fully saturated rings. The topological polar surface area (TPSA) is 21.7 Å². The molecule has 1 aliphatic rings. The predicted octanol–water partition coefficient (Wildman–Crippen LogP) is 3.16. The van der Waals surface area contributed by atoms with Crippen LogP contribution in [0, 0.1) is 0 Å². The average Bonchev–Trinajstić information content (AvgIpc) is 2.02. The summed E-state index contributed by atoms with van der Waals surface area (Å²) in [5.74, 6) is 0. The summed E-state index contributed by atoms with van der Waals surface area (Å²) < 4.78 is 14.0. The van der Waals surface area contributed by atoms with Crippen LogP contribution in [0.25, 0.3) is 0 Å². The van der Waals surface area contributed by atoms with Gasteiger partial charge in [-0.1, -0.05) is 13.8 Å². The van der Waals surface area contributed by atoms with Gasteiger partial charge in [0, 0.05) is 19.5 Å². The summed E-state index contributed by atoms with van der Waals surface area (Å²) in [6.07, 6.45) is 1.29. The van der Waals surface area contributed by atoms with E-state index in [1.807, 2.05) is 0 Å². The van der Waals surface area contributed by atoms with Gasteiger partial charge in [0.15, 0.2) is 0 Å². The molecule has 0 aromatic rings. The zero-order chi connectivity index (χ0) is 10.8. The van der Waals surface area contributed by atoms with E-state index in [4.69, 9.17) is 9.05 Å². The third kappa shape index (κ3) is 3.16. The predicted molar refractivity (Wildman–Crippen MR) is 60.2 cm³/mol. The minimum atomic E-state index is -0.829. The van der Waals surface area contributed by atoms with Gasteiger partial charge in [0.2, 0.25) is 0 Å². The minimum absolute atomic E-state index is 0.0358. The van der Waals surface area contributed by atoms with E-state index in [1.54, 1.807) is 0 Å². The Morgan fingerprint density at radius 2 is 1.93 bits per heavy atom. The highest BCUT2D eigenvalue weighted by atomic mass is 31.2. The molecule has 0 unspecified atom stereocenters. The minimum Gasteiger partial charge on any atom is -0.319 e. The third-order valence-electron chi connectivity index (χ3n) is 2.34. The molecule has 4 heteroatoms. The van der Waals surface area contributed by atoms with Crippen molar-refractivity contribution < 1.29 is 9.05 Å². The van der Waals surface area contributed by atoms with Gasteiger partial charge >= 0.3 is 0 Å². The zero-order valence-corrected chi connectivity index (χ0v) is 10.8. The molecule has 0 spiro atoms. The molecule has 0 aromatic carbocycles. The lowest BCUT2D eigenvalue weighted by Gasteiger charge is -2.41. The highest BCUT2D eigenvalue weighted by Crippen LogP contribution is 2.52. The number of rotatable bonds is 3. The molecule has 3 nitrogen and oxygen atoms in total. The van der Waals surface area contributed by atoms with Crippen LogP contribution in [0.2, 0.25) is 0 Å². The zero-order valence-electron chi connectivity index (χ0n) is 9.91. The fraction of sp³-hybridized carbons (Fsp3) is 1.00. The van der Waals surface area contributed by atoms with Crippen LogP contribution in [0.5, 0.6) is 0 Å². The molecule has 14 heavy (non-hydrogen) atoms. The molecule has 1 heterocycles. The Morgan fingerprint density at radius 1 is 1.36 bits per heavy atom. The fourth-order valence-electron chi connectivity index (χ4n) is 1.73. The van der Waals surface area contributed by atoms with Crippen LogP contribution in [0.4, 0.5) is 0 Å². The van der Waals surface area contributed by atoms with E-state index < -0.39 is 8.53 Å². The first kappa shape index (κ1) is 12.4. The molecule has 0 saturated carbocycles. The SMILES string of the molecule is CCN(CC)[P@@]1O[C@H](C)CC(C)(C)O1. The molecule has 1 saturated heterocycles. The van der Waals surface area contributed by atoms with Gasteiger partial charge in [-0.15, -0.1) is 0 Å². The van der Waals surface area contributed by atoms with Crippen LogP contribution < -0.4 is 0 Å². The number of hydrogen-bond acceptors (Lipinski definition) is 3. The first-order valence-electron chi connectivity index (χ1n) is 5.39. The summed E-state index contributed by atoms with van der Waals surface area (Å²) in [7, 11) is -0.829. The first-order valence-corrected chi connectivity index (χ1v) is 6.52. The quantitative estimate of drug-likeness (QED) is 0.680. The van der Waals surface area contributed by atoms with Crippen LogP contribution in [0.15, 0.2) is 0 Å². The summed E-state index contributed by atoms with van der Waals surface area (Å²) in [5, 5.41) is 0. The highest BCUT2D eigenvalue weighted by Gasteiger charge is 2.36. The van der Waals surface area contributed by atoms with Gasteiger partial charge in [-0.3, -0.25) is 0 Å². The molecule has 0 radical (unpaired) electrons. The Labute approximate surface area is 88.7 Å². The van der Waals surface area contributed by atoms with E-state index in [0.717, 1.165) is 19.5 Å². The maximum atomic E-state index is 5.96.